The number of hydrogen-bond donors (Lipinski definition) is 1. The molecule has 0 spiro atoms. The van der Waals surface area contributed by atoms with Crippen LogP contribution in [0.5, 0.6) is 0 Å². The van der Waals surface area contributed by atoms with Crippen molar-refractivity contribution in [3.63, 3.8) is 0 Å². The molecule has 0 heterocycles. The van der Waals surface area contributed by atoms with E-state index in [1.54, 1.807) is 25.1 Å². The van der Waals surface area contributed by atoms with Gasteiger partial charge in [0.05, 0.1) is 11.9 Å². The number of anilines is 1. The largest absolute Gasteiger partial charge is 0.357 e. The number of carbonyl (C=O) groups excluding carboxylic acids is 2. The highest BCUT2D eigenvalue weighted by Crippen LogP contribution is 2.23. The third kappa shape index (κ3) is 6.70. The number of aryl methyl sites for hydroxylation is 1. The van der Waals surface area contributed by atoms with Crippen molar-refractivity contribution in [2.45, 2.75) is 32.9 Å². The van der Waals surface area contributed by atoms with E-state index >= 15 is 0 Å². The predicted molar refractivity (Wildman–Crippen MR) is 124 cm³/mol. The van der Waals surface area contributed by atoms with E-state index in [1.807, 2.05) is 31.2 Å². The topological polar surface area (TPSA) is 86.8 Å². The molecule has 2 aromatic carbocycles. The van der Waals surface area contributed by atoms with Gasteiger partial charge < -0.3 is 10.2 Å². The normalized spacial score (nSPS) is 12.2. The SMILES string of the molecule is CC[C@@H](C(=O)NC)N(Cc1ccc(C)cc1)C(=O)CN(c1cccc(Cl)c1)S(C)(=O)=O. The monoisotopic (exact) mass is 465 g/mol. The van der Waals surface area contributed by atoms with E-state index in [-0.39, 0.29) is 18.1 Å². The molecule has 0 unspecified atom stereocenters. The maximum Gasteiger partial charge on any atom is 0.244 e. The molecule has 31 heavy (non-hydrogen) atoms. The van der Waals surface area contributed by atoms with Gasteiger partial charge in [0, 0.05) is 18.6 Å². The Morgan fingerprint density at radius 2 is 1.77 bits per heavy atom. The molecular weight excluding hydrogens is 438 g/mol. The molecule has 2 aromatic rings. The van der Waals surface area contributed by atoms with Gasteiger partial charge in [0.2, 0.25) is 21.8 Å². The number of rotatable bonds is 9. The first-order valence-corrected chi connectivity index (χ1v) is 12.1. The van der Waals surface area contributed by atoms with Crippen molar-refractivity contribution >= 4 is 39.1 Å². The van der Waals surface area contributed by atoms with Gasteiger partial charge in [0.25, 0.3) is 0 Å². The number of halogens is 1. The summed E-state index contributed by atoms with van der Waals surface area (Å²) < 4.78 is 25.9. The smallest absolute Gasteiger partial charge is 0.244 e. The zero-order valence-corrected chi connectivity index (χ0v) is 19.7. The maximum atomic E-state index is 13.4. The van der Waals surface area contributed by atoms with Crippen molar-refractivity contribution in [3.05, 3.63) is 64.7 Å². The molecule has 0 aliphatic carbocycles. The van der Waals surface area contributed by atoms with Crippen LogP contribution in [0.3, 0.4) is 0 Å². The van der Waals surface area contributed by atoms with Gasteiger partial charge in [0.15, 0.2) is 0 Å². The quantitative estimate of drug-likeness (QED) is 0.616. The van der Waals surface area contributed by atoms with Gasteiger partial charge in [-0.3, -0.25) is 13.9 Å². The van der Waals surface area contributed by atoms with Gasteiger partial charge in [-0.2, -0.15) is 0 Å². The Morgan fingerprint density at radius 1 is 1.13 bits per heavy atom. The van der Waals surface area contributed by atoms with Crippen LogP contribution >= 0.6 is 11.6 Å². The molecule has 9 heteroatoms. The van der Waals surface area contributed by atoms with Gasteiger partial charge in [-0.1, -0.05) is 54.4 Å². The maximum absolute atomic E-state index is 13.4. The van der Waals surface area contributed by atoms with E-state index in [0.29, 0.717) is 11.4 Å². The number of likely N-dealkylation sites (N-methyl/N-ethyl adjacent to an activating group) is 1. The molecule has 0 radical (unpaired) electrons. The number of carbonyl (C=O) groups is 2. The van der Waals surface area contributed by atoms with Crippen LogP contribution in [-0.4, -0.2) is 51.0 Å². The van der Waals surface area contributed by atoms with Crippen molar-refractivity contribution in [1.82, 2.24) is 10.2 Å². The van der Waals surface area contributed by atoms with Crippen molar-refractivity contribution in [3.8, 4) is 0 Å². The van der Waals surface area contributed by atoms with E-state index in [0.717, 1.165) is 21.7 Å². The Kier molecular flexibility index (Phi) is 8.47. The lowest BCUT2D eigenvalue weighted by Crippen LogP contribution is -2.51. The summed E-state index contributed by atoms with van der Waals surface area (Å²) in [6.45, 7) is 3.50. The van der Waals surface area contributed by atoms with Crippen molar-refractivity contribution in [2.75, 3.05) is 24.2 Å². The lowest BCUT2D eigenvalue weighted by molar-refractivity contribution is -0.140. The Balaban J connectivity index is 2.41. The van der Waals surface area contributed by atoms with Crippen LogP contribution in [0, 0.1) is 6.92 Å². The molecule has 0 aliphatic heterocycles. The van der Waals surface area contributed by atoms with Crippen molar-refractivity contribution in [1.29, 1.82) is 0 Å². The lowest BCUT2D eigenvalue weighted by atomic mass is 10.1. The first-order valence-electron chi connectivity index (χ1n) is 9.86. The zero-order chi connectivity index (χ0) is 23.2. The second-order valence-electron chi connectivity index (χ2n) is 7.30. The Bertz CT molecular complexity index is 1030. The molecule has 0 saturated heterocycles. The minimum absolute atomic E-state index is 0.179. The first kappa shape index (κ1) is 24.7. The summed E-state index contributed by atoms with van der Waals surface area (Å²) in [4.78, 5) is 27.3. The zero-order valence-electron chi connectivity index (χ0n) is 18.1. The Hall–Kier alpha value is -2.58. The number of benzene rings is 2. The standard InChI is InChI=1S/C22H28ClN3O4S/c1-5-20(22(28)24-3)25(14-17-11-9-16(2)10-12-17)21(27)15-26(31(4,29)30)19-8-6-7-18(23)13-19/h6-13,20H,5,14-15H2,1-4H3,(H,24,28)/t20-/m0/s1. The van der Waals surface area contributed by atoms with E-state index < -0.39 is 28.5 Å². The van der Waals surface area contributed by atoms with Crippen molar-refractivity contribution < 1.29 is 18.0 Å². The molecule has 2 amide bonds. The number of hydrogen-bond acceptors (Lipinski definition) is 4. The highest BCUT2D eigenvalue weighted by atomic mass is 35.5. The molecular formula is C22H28ClN3O4S. The minimum atomic E-state index is -3.77. The summed E-state index contributed by atoms with van der Waals surface area (Å²) >= 11 is 6.02. The van der Waals surface area contributed by atoms with Crippen LogP contribution in [0.25, 0.3) is 0 Å². The van der Waals surface area contributed by atoms with Crippen LogP contribution in [0.4, 0.5) is 5.69 Å². The highest BCUT2D eigenvalue weighted by Gasteiger charge is 2.31. The minimum Gasteiger partial charge on any atom is -0.357 e. The number of nitrogens with one attached hydrogen (secondary N) is 1. The molecule has 0 fully saturated rings. The predicted octanol–water partition coefficient (Wildman–Crippen LogP) is 2.97. The van der Waals surface area contributed by atoms with Gasteiger partial charge in [-0.25, -0.2) is 8.42 Å². The van der Waals surface area contributed by atoms with E-state index in [4.69, 9.17) is 11.6 Å². The van der Waals surface area contributed by atoms with Gasteiger partial charge in [0.1, 0.15) is 12.6 Å². The average molecular weight is 466 g/mol. The number of amides is 2. The lowest BCUT2D eigenvalue weighted by Gasteiger charge is -2.32. The summed E-state index contributed by atoms with van der Waals surface area (Å²) in [7, 11) is -2.27. The second-order valence-corrected chi connectivity index (χ2v) is 9.64. The second kappa shape index (κ2) is 10.6. The van der Waals surface area contributed by atoms with Crippen molar-refractivity contribution in [2.24, 2.45) is 0 Å². The van der Waals surface area contributed by atoms with E-state index in [2.05, 4.69) is 5.32 Å². The Labute approximate surface area is 189 Å². The first-order chi connectivity index (χ1) is 14.6. The third-order valence-corrected chi connectivity index (χ3v) is 6.26. The summed E-state index contributed by atoms with van der Waals surface area (Å²) in [5, 5.41) is 2.94. The number of sulfonamides is 1. The summed E-state index contributed by atoms with van der Waals surface area (Å²) in [6.07, 6.45) is 1.41. The molecule has 168 valence electrons. The van der Waals surface area contributed by atoms with Gasteiger partial charge >= 0.3 is 0 Å². The number of nitrogens with zero attached hydrogens (tertiary/aromatic N) is 2. The molecule has 0 aromatic heterocycles. The fraction of sp³-hybridized carbons (Fsp3) is 0.364. The third-order valence-electron chi connectivity index (χ3n) is 4.88. The van der Waals surface area contributed by atoms with E-state index in [1.165, 1.54) is 18.0 Å². The average Bonchev–Trinajstić information content (AvgIpc) is 2.72. The summed E-state index contributed by atoms with van der Waals surface area (Å²) in [5.41, 5.74) is 2.20. The van der Waals surface area contributed by atoms with Crippen LogP contribution in [0.2, 0.25) is 5.02 Å². The van der Waals surface area contributed by atoms with E-state index in [9.17, 15) is 18.0 Å². The van der Waals surface area contributed by atoms with Crippen LogP contribution in [0.15, 0.2) is 48.5 Å². The summed E-state index contributed by atoms with van der Waals surface area (Å²) in [5.74, 6) is -0.793. The fourth-order valence-corrected chi connectivity index (χ4v) is 4.25. The van der Waals surface area contributed by atoms with Crippen LogP contribution in [-0.2, 0) is 26.2 Å². The fourth-order valence-electron chi connectivity index (χ4n) is 3.22. The molecule has 2 rings (SSSR count). The highest BCUT2D eigenvalue weighted by molar-refractivity contribution is 7.92. The summed E-state index contributed by atoms with van der Waals surface area (Å²) in [6, 6.07) is 13.2. The molecule has 0 saturated carbocycles. The molecule has 1 N–H and O–H groups in total. The molecule has 7 nitrogen and oxygen atoms in total. The van der Waals surface area contributed by atoms with Crippen LogP contribution in [0.1, 0.15) is 24.5 Å². The molecule has 0 aliphatic rings. The Morgan fingerprint density at radius 3 is 2.29 bits per heavy atom. The molecule has 1 atom stereocenters. The molecule has 0 bridgehead atoms. The van der Waals surface area contributed by atoms with Crippen LogP contribution < -0.4 is 9.62 Å². The van der Waals surface area contributed by atoms with Gasteiger partial charge in [-0.05, 0) is 37.1 Å². The van der Waals surface area contributed by atoms with Gasteiger partial charge in [-0.15, -0.1) is 0 Å².